The summed E-state index contributed by atoms with van der Waals surface area (Å²) in [6.45, 7) is 5.11. The summed E-state index contributed by atoms with van der Waals surface area (Å²) in [5.41, 5.74) is 0.775. The maximum atomic E-state index is 14.1. The van der Waals surface area contributed by atoms with E-state index in [1.165, 1.54) is 32.4 Å². The van der Waals surface area contributed by atoms with Crippen LogP contribution in [0.2, 0.25) is 0 Å². The first-order valence-corrected chi connectivity index (χ1v) is 9.15. The van der Waals surface area contributed by atoms with Gasteiger partial charge in [-0.1, -0.05) is 24.6 Å². The molecule has 2 N–H and O–H groups in total. The van der Waals surface area contributed by atoms with Crippen molar-refractivity contribution in [1.82, 2.24) is 15.5 Å². The van der Waals surface area contributed by atoms with E-state index in [9.17, 15) is 4.39 Å². The van der Waals surface area contributed by atoms with Gasteiger partial charge >= 0.3 is 0 Å². The number of halogens is 1. The molecule has 0 amide bonds. The zero-order valence-electron chi connectivity index (χ0n) is 14.7. The largest absolute Gasteiger partial charge is 0.356 e. The third-order valence-electron chi connectivity index (χ3n) is 5.29. The molecule has 0 unspecified atom stereocenters. The van der Waals surface area contributed by atoms with E-state index in [1.807, 2.05) is 12.1 Å². The van der Waals surface area contributed by atoms with Crippen LogP contribution in [0, 0.1) is 5.82 Å². The minimum absolute atomic E-state index is 0.0597. The Hall–Kier alpha value is -1.62. The number of hydrogen-bond acceptors (Lipinski definition) is 2. The molecule has 1 heterocycles. The third-order valence-corrected chi connectivity index (χ3v) is 5.29. The second-order valence-corrected chi connectivity index (χ2v) is 7.02. The van der Waals surface area contributed by atoms with Gasteiger partial charge in [-0.2, -0.15) is 0 Å². The number of guanidine groups is 1. The lowest BCUT2D eigenvalue weighted by Gasteiger charge is -2.27. The lowest BCUT2D eigenvalue weighted by atomic mass is 9.95. The Bertz CT molecular complexity index is 562. The Morgan fingerprint density at radius 1 is 1.17 bits per heavy atom. The van der Waals surface area contributed by atoms with Gasteiger partial charge in [-0.15, -0.1) is 0 Å². The van der Waals surface area contributed by atoms with E-state index >= 15 is 0 Å². The highest BCUT2D eigenvalue weighted by atomic mass is 19.1. The third kappa shape index (κ3) is 4.26. The summed E-state index contributed by atoms with van der Waals surface area (Å²) in [4.78, 5) is 6.81. The summed E-state index contributed by atoms with van der Waals surface area (Å²) in [5.74, 6) is 0.722. The van der Waals surface area contributed by atoms with Crippen molar-refractivity contribution in [2.24, 2.45) is 4.99 Å². The average Bonchev–Trinajstić information content (AvgIpc) is 3.40. The minimum atomic E-state index is -0.0927. The van der Waals surface area contributed by atoms with Crippen LogP contribution in [0.25, 0.3) is 0 Å². The second kappa shape index (κ2) is 7.97. The molecular weight excluding hydrogens is 303 g/mol. The minimum Gasteiger partial charge on any atom is -0.356 e. The van der Waals surface area contributed by atoms with Crippen molar-refractivity contribution in [1.29, 1.82) is 0 Å². The molecule has 0 aromatic heterocycles. The van der Waals surface area contributed by atoms with Crippen molar-refractivity contribution in [2.75, 3.05) is 39.8 Å². The van der Waals surface area contributed by atoms with E-state index in [0.29, 0.717) is 0 Å². The van der Waals surface area contributed by atoms with E-state index < -0.39 is 0 Å². The van der Waals surface area contributed by atoms with Crippen molar-refractivity contribution in [3.05, 3.63) is 35.6 Å². The Kier molecular flexibility index (Phi) is 5.72. The van der Waals surface area contributed by atoms with Gasteiger partial charge in [0.2, 0.25) is 0 Å². The predicted molar refractivity (Wildman–Crippen MR) is 97.0 cm³/mol. The molecule has 1 saturated heterocycles. The normalized spacial score (nSPS) is 20.7. The Morgan fingerprint density at radius 2 is 1.92 bits per heavy atom. The fourth-order valence-electron chi connectivity index (χ4n) is 3.57. The predicted octanol–water partition coefficient (Wildman–Crippen LogP) is 2.51. The number of benzene rings is 1. The smallest absolute Gasteiger partial charge is 0.191 e. The first-order valence-electron chi connectivity index (χ1n) is 9.15. The number of aliphatic imine (C=N–C) groups is 1. The highest BCUT2D eigenvalue weighted by Gasteiger charge is 2.45. The van der Waals surface area contributed by atoms with Gasteiger partial charge < -0.3 is 15.5 Å². The molecule has 24 heavy (non-hydrogen) atoms. The molecule has 3 rings (SSSR count). The number of rotatable bonds is 6. The van der Waals surface area contributed by atoms with Crippen molar-refractivity contribution in [3.63, 3.8) is 0 Å². The molecule has 5 heteroatoms. The molecule has 132 valence electrons. The number of likely N-dealkylation sites (tertiary alicyclic amines) is 1. The van der Waals surface area contributed by atoms with E-state index in [1.54, 1.807) is 19.2 Å². The Morgan fingerprint density at radius 3 is 2.58 bits per heavy atom. The van der Waals surface area contributed by atoms with E-state index in [-0.39, 0.29) is 11.2 Å². The maximum absolute atomic E-state index is 14.1. The molecule has 1 aromatic carbocycles. The fourth-order valence-corrected chi connectivity index (χ4v) is 3.57. The van der Waals surface area contributed by atoms with Crippen LogP contribution in [0.5, 0.6) is 0 Å². The SMILES string of the molecule is CN=C(NCCN1CCCCC1)NCC1(c2ccccc2F)CC1. The van der Waals surface area contributed by atoms with Gasteiger partial charge in [-0.05, 0) is 50.4 Å². The summed E-state index contributed by atoms with van der Waals surface area (Å²) in [5, 5.41) is 6.78. The number of nitrogens with zero attached hydrogens (tertiary/aromatic N) is 2. The molecule has 2 aliphatic rings. The van der Waals surface area contributed by atoms with Crippen LogP contribution in [0.15, 0.2) is 29.3 Å². The molecular formula is C19H29FN4. The van der Waals surface area contributed by atoms with E-state index in [4.69, 9.17) is 0 Å². The molecule has 1 aliphatic heterocycles. The summed E-state index contributed by atoms with van der Waals surface area (Å²) < 4.78 is 14.1. The van der Waals surface area contributed by atoms with Crippen LogP contribution in [0.4, 0.5) is 4.39 Å². The first kappa shape index (κ1) is 17.2. The topological polar surface area (TPSA) is 39.7 Å². The number of hydrogen-bond donors (Lipinski definition) is 2. The Labute approximate surface area is 144 Å². The highest BCUT2D eigenvalue weighted by Crippen LogP contribution is 2.48. The average molecular weight is 332 g/mol. The number of nitrogens with one attached hydrogen (secondary N) is 2. The Balaban J connectivity index is 1.45. The molecule has 1 aromatic rings. The second-order valence-electron chi connectivity index (χ2n) is 7.02. The van der Waals surface area contributed by atoms with Crippen LogP contribution in [0.3, 0.4) is 0 Å². The van der Waals surface area contributed by atoms with Crippen LogP contribution in [-0.4, -0.2) is 50.6 Å². The molecule has 0 radical (unpaired) electrons. The molecule has 2 fully saturated rings. The summed E-state index contributed by atoms with van der Waals surface area (Å²) >= 11 is 0. The maximum Gasteiger partial charge on any atom is 0.191 e. The van der Waals surface area contributed by atoms with Gasteiger partial charge in [-0.3, -0.25) is 4.99 Å². The molecule has 0 atom stereocenters. The van der Waals surface area contributed by atoms with Gasteiger partial charge in [-0.25, -0.2) is 4.39 Å². The summed E-state index contributed by atoms with van der Waals surface area (Å²) in [7, 11) is 1.79. The highest BCUT2D eigenvalue weighted by molar-refractivity contribution is 5.79. The van der Waals surface area contributed by atoms with Crippen molar-refractivity contribution in [3.8, 4) is 0 Å². The molecule has 0 bridgehead atoms. The molecule has 0 spiro atoms. The van der Waals surface area contributed by atoms with Crippen molar-refractivity contribution < 1.29 is 4.39 Å². The van der Waals surface area contributed by atoms with Crippen LogP contribution >= 0.6 is 0 Å². The van der Waals surface area contributed by atoms with Crippen LogP contribution in [-0.2, 0) is 5.41 Å². The standard InChI is InChI=1S/C19H29FN4/c1-21-18(22-11-14-24-12-5-2-6-13-24)23-15-19(9-10-19)16-7-3-4-8-17(16)20/h3-4,7-8H,2,5-6,9-15H2,1H3,(H2,21,22,23). The summed E-state index contributed by atoms with van der Waals surface area (Å²) in [6, 6.07) is 7.14. The summed E-state index contributed by atoms with van der Waals surface area (Å²) in [6.07, 6.45) is 6.07. The molecule has 1 saturated carbocycles. The van der Waals surface area contributed by atoms with Gasteiger partial charge in [0.1, 0.15) is 5.82 Å². The van der Waals surface area contributed by atoms with Gasteiger partial charge in [0.15, 0.2) is 5.96 Å². The van der Waals surface area contributed by atoms with Gasteiger partial charge in [0.25, 0.3) is 0 Å². The quantitative estimate of drug-likeness (QED) is 0.621. The lowest BCUT2D eigenvalue weighted by Crippen LogP contribution is -2.44. The zero-order valence-corrected chi connectivity index (χ0v) is 14.7. The molecule has 1 aliphatic carbocycles. The molecule has 4 nitrogen and oxygen atoms in total. The van der Waals surface area contributed by atoms with E-state index in [0.717, 1.165) is 44.0 Å². The lowest BCUT2D eigenvalue weighted by molar-refractivity contribution is 0.232. The number of piperidine rings is 1. The van der Waals surface area contributed by atoms with Crippen molar-refractivity contribution in [2.45, 2.75) is 37.5 Å². The first-order chi connectivity index (χ1) is 11.7. The van der Waals surface area contributed by atoms with Gasteiger partial charge in [0, 0.05) is 32.1 Å². The monoisotopic (exact) mass is 332 g/mol. The fraction of sp³-hybridized carbons (Fsp3) is 0.632. The van der Waals surface area contributed by atoms with Crippen LogP contribution < -0.4 is 10.6 Å². The van der Waals surface area contributed by atoms with E-state index in [2.05, 4.69) is 20.5 Å². The zero-order chi connectivity index (χ0) is 16.8. The van der Waals surface area contributed by atoms with Crippen LogP contribution in [0.1, 0.15) is 37.7 Å². The van der Waals surface area contributed by atoms with Gasteiger partial charge in [0.05, 0.1) is 0 Å². The van der Waals surface area contributed by atoms with Crippen molar-refractivity contribution >= 4 is 5.96 Å².